The standard InChI is InChI=1S/C24H27N5OS/c25-19-6-4-17(21-3-1-14-31-21)15-20(19)28-23(30)18-5-7-22(26-16-18)29-12-9-24(10-13-29)8-2-11-27-24/h1,3-7,14-16,27H,2,8-13,25H2,(H,28,30). The van der Waals surface area contributed by atoms with Crippen LogP contribution in [0.1, 0.15) is 36.0 Å². The lowest BCUT2D eigenvalue weighted by atomic mass is 9.86. The minimum atomic E-state index is -0.207. The number of carbonyl (C=O) groups excluding carboxylic acids is 1. The van der Waals surface area contributed by atoms with E-state index in [-0.39, 0.29) is 5.91 Å². The summed E-state index contributed by atoms with van der Waals surface area (Å²) in [5.74, 6) is 0.727. The van der Waals surface area contributed by atoms with E-state index in [4.69, 9.17) is 5.73 Å². The molecule has 0 bridgehead atoms. The lowest BCUT2D eigenvalue weighted by Crippen LogP contribution is -2.50. The molecule has 1 spiro atoms. The third-order valence-corrected chi connectivity index (χ3v) is 7.41. The van der Waals surface area contributed by atoms with Gasteiger partial charge in [-0.3, -0.25) is 4.79 Å². The predicted octanol–water partition coefficient (Wildman–Crippen LogP) is 4.37. The zero-order chi connectivity index (χ0) is 21.3. The van der Waals surface area contributed by atoms with Crippen LogP contribution in [0.3, 0.4) is 0 Å². The van der Waals surface area contributed by atoms with Crippen molar-refractivity contribution in [3.05, 3.63) is 59.6 Å². The monoisotopic (exact) mass is 433 g/mol. The molecule has 0 unspecified atom stereocenters. The number of rotatable bonds is 4. The molecule has 0 saturated carbocycles. The van der Waals surface area contributed by atoms with E-state index in [1.54, 1.807) is 17.5 Å². The summed E-state index contributed by atoms with van der Waals surface area (Å²) in [5.41, 5.74) is 9.16. The smallest absolute Gasteiger partial charge is 0.257 e. The summed E-state index contributed by atoms with van der Waals surface area (Å²) in [5, 5.41) is 8.67. The molecular formula is C24H27N5OS. The molecule has 1 amide bonds. The van der Waals surface area contributed by atoms with Gasteiger partial charge in [-0.25, -0.2) is 4.98 Å². The molecule has 1 aromatic carbocycles. The number of aromatic nitrogens is 1. The van der Waals surface area contributed by atoms with Gasteiger partial charge in [-0.2, -0.15) is 0 Å². The first kappa shape index (κ1) is 20.0. The zero-order valence-electron chi connectivity index (χ0n) is 17.4. The summed E-state index contributed by atoms with van der Waals surface area (Å²) in [6, 6.07) is 13.6. The molecule has 160 valence electrons. The average Bonchev–Trinajstić information content (AvgIpc) is 3.49. The number of piperidine rings is 1. The molecule has 5 rings (SSSR count). The van der Waals surface area contributed by atoms with Crippen LogP contribution in [0.4, 0.5) is 17.2 Å². The topological polar surface area (TPSA) is 83.3 Å². The number of anilines is 3. The summed E-state index contributed by atoms with van der Waals surface area (Å²) < 4.78 is 0. The van der Waals surface area contributed by atoms with Crippen molar-refractivity contribution < 1.29 is 4.79 Å². The number of pyridine rings is 1. The van der Waals surface area contributed by atoms with Crippen LogP contribution >= 0.6 is 11.3 Å². The van der Waals surface area contributed by atoms with Gasteiger partial charge >= 0.3 is 0 Å². The van der Waals surface area contributed by atoms with Crippen LogP contribution in [-0.4, -0.2) is 36.1 Å². The number of carbonyl (C=O) groups is 1. The van der Waals surface area contributed by atoms with Crippen LogP contribution < -0.4 is 21.3 Å². The summed E-state index contributed by atoms with van der Waals surface area (Å²) >= 11 is 1.65. The highest BCUT2D eigenvalue weighted by Crippen LogP contribution is 2.33. The lowest BCUT2D eigenvalue weighted by Gasteiger charge is -2.40. The molecule has 7 heteroatoms. The number of hydrogen-bond donors (Lipinski definition) is 3. The molecule has 2 aliphatic rings. The molecule has 6 nitrogen and oxygen atoms in total. The Labute approximate surface area is 186 Å². The van der Waals surface area contributed by atoms with Crippen molar-refractivity contribution in [2.75, 3.05) is 35.6 Å². The van der Waals surface area contributed by atoms with Crippen molar-refractivity contribution in [2.24, 2.45) is 0 Å². The molecule has 3 aromatic rings. The van der Waals surface area contributed by atoms with Crippen molar-refractivity contribution in [1.82, 2.24) is 10.3 Å². The summed E-state index contributed by atoms with van der Waals surface area (Å²) in [4.78, 5) is 20.8. The Bertz CT molecular complexity index is 1050. The van der Waals surface area contributed by atoms with Gasteiger partial charge in [0.25, 0.3) is 5.91 Å². The first-order valence-electron chi connectivity index (χ1n) is 10.8. The quantitative estimate of drug-likeness (QED) is 0.532. The molecule has 2 fully saturated rings. The van der Waals surface area contributed by atoms with Crippen LogP contribution in [0.2, 0.25) is 0 Å². The fraction of sp³-hybridized carbons (Fsp3) is 0.333. The Balaban J connectivity index is 1.25. The SMILES string of the molecule is Nc1ccc(-c2cccs2)cc1NC(=O)c1ccc(N2CCC3(CCCN3)CC2)nc1. The highest BCUT2D eigenvalue weighted by Gasteiger charge is 2.36. The molecule has 0 atom stereocenters. The minimum Gasteiger partial charge on any atom is -0.397 e. The van der Waals surface area contributed by atoms with Crippen LogP contribution in [-0.2, 0) is 0 Å². The van der Waals surface area contributed by atoms with E-state index in [9.17, 15) is 4.79 Å². The highest BCUT2D eigenvalue weighted by molar-refractivity contribution is 7.13. The number of nitrogens with one attached hydrogen (secondary N) is 2. The summed E-state index contributed by atoms with van der Waals surface area (Å²) in [6.45, 7) is 3.14. The number of thiophene rings is 1. The largest absolute Gasteiger partial charge is 0.397 e. The molecular weight excluding hydrogens is 406 g/mol. The van der Waals surface area contributed by atoms with Gasteiger partial charge in [-0.05, 0) is 73.5 Å². The number of nitrogens with two attached hydrogens (primary N) is 1. The number of benzene rings is 1. The third kappa shape index (κ3) is 4.16. The van der Waals surface area contributed by atoms with Crippen molar-refractivity contribution >= 4 is 34.4 Å². The van der Waals surface area contributed by atoms with Crippen LogP contribution in [0, 0.1) is 0 Å². The van der Waals surface area contributed by atoms with Crippen molar-refractivity contribution in [1.29, 1.82) is 0 Å². The molecule has 0 aliphatic carbocycles. The normalized spacial score (nSPS) is 17.7. The van der Waals surface area contributed by atoms with Crippen molar-refractivity contribution in [3.63, 3.8) is 0 Å². The van der Waals surface area contributed by atoms with E-state index in [2.05, 4.69) is 26.6 Å². The molecule has 2 aliphatic heterocycles. The number of amides is 1. The molecule has 4 heterocycles. The van der Waals surface area contributed by atoms with Gasteiger partial charge in [-0.15, -0.1) is 11.3 Å². The van der Waals surface area contributed by atoms with Crippen LogP contribution in [0.25, 0.3) is 10.4 Å². The fourth-order valence-electron chi connectivity index (χ4n) is 4.62. The van der Waals surface area contributed by atoms with E-state index >= 15 is 0 Å². The maximum absolute atomic E-state index is 12.8. The Hall–Kier alpha value is -2.90. The van der Waals surface area contributed by atoms with Gasteiger partial charge < -0.3 is 21.3 Å². The summed E-state index contributed by atoms with van der Waals surface area (Å²) in [7, 11) is 0. The second-order valence-electron chi connectivity index (χ2n) is 8.44. The molecule has 0 radical (unpaired) electrons. The van der Waals surface area contributed by atoms with E-state index in [1.807, 2.05) is 41.8 Å². The minimum absolute atomic E-state index is 0.207. The number of nitrogens with zero attached hydrogens (tertiary/aromatic N) is 2. The van der Waals surface area contributed by atoms with Gasteiger partial charge in [0.2, 0.25) is 0 Å². The molecule has 2 aromatic heterocycles. The zero-order valence-corrected chi connectivity index (χ0v) is 18.3. The molecule has 2 saturated heterocycles. The fourth-order valence-corrected chi connectivity index (χ4v) is 5.35. The van der Waals surface area contributed by atoms with Gasteiger partial charge in [0.1, 0.15) is 5.82 Å². The van der Waals surface area contributed by atoms with Gasteiger partial charge in [0.05, 0.1) is 16.9 Å². The van der Waals surface area contributed by atoms with Crippen LogP contribution in [0.5, 0.6) is 0 Å². The van der Waals surface area contributed by atoms with E-state index < -0.39 is 0 Å². The first-order valence-corrected chi connectivity index (χ1v) is 11.7. The lowest BCUT2D eigenvalue weighted by molar-refractivity contribution is 0.102. The van der Waals surface area contributed by atoms with Crippen molar-refractivity contribution in [3.8, 4) is 10.4 Å². The van der Waals surface area contributed by atoms with Crippen LogP contribution in [0.15, 0.2) is 54.0 Å². The second-order valence-corrected chi connectivity index (χ2v) is 9.38. The Kier molecular flexibility index (Phi) is 5.38. The Morgan fingerprint density at radius 1 is 1.16 bits per heavy atom. The van der Waals surface area contributed by atoms with Crippen molar-refractivity contribution in [2.45, 2.75) is 31.2 Å². The summed E-state index contributed by atoms with van der Waals surface area (Å²) in [6.07, 6.45) is 6.52. The number of hydrogen-bond acceptors (Lipinski definition) is 6. The maximum atomic E-state index is 12.8. The molecule has 4 N–H and O–H groups in total. The van der Waals surface area contributed by atoms with Gasteiger partial charge in [0.15, 0.2) is 0 Å². The van der Waals surface area contributed by atoms with Gasteiger partial charge in [0, 0.05) is 29.7 Å². The Morgan fingerprint density at radius 3 is 2.71 bits per heavy atom. The number of nitrogen functional groups attached to an aromatic ring is 1. The first-order chi connectivity index (χ1) is 15.1. The highest BCUT2D eigenvalue weighted by atomic mass is 32.1. The maximum Gasteiger partial charge on any atom is 0.257 e. The van der Waals surface area contributed by atoms with E-state index in [1.165, 1.54) is 12.8 Å². The van der Waals surface area contributed by atoms with E-state index in [0.717, 1.165) is 48.7 Å². The second kappa shape index (κ2) is 8.32. The molecule has 31 heavy (non-hydrogen) atoms. The van der Waals surface area contributed by atoms with Gasteiger partial charge in [-0.1, -0.05) is 12.1 Å². The predicted molar refractivity (Wildman–Crippen MR) is 128 cm³/mol. The van der Waals surface area contributed by atoms with E-state index in [0.29, 0.717) is 22.5 Å². The third-order valence-electron chi connectivity index (χ3n) is 6.49. The Morgan fingerprint density at radius 2 is 2.03 bits per heavy atom. The average molecular weight is 434 g/mol.